The van der Waals surface area contributed by atoms with E-state index in [0.29, 0.717) is 30.2 Å². The Labute approximate surface area is 171 Å². The molecular weight excluding hydrogens is 398 g/mol. The fourth-order valence-corrected chi connectivity index (χ4v) is 5.08. The zero-order valence-electron chi connectivity index (χ0n) is 16.0. The number of rotatable bonds is 5. The summed E-state index contributed by atoms with van der Waals surface area (Å²) in [6.07, 6.45) is 0.653. The molecule has 1 saturated heterocycles. The Morgan fingerprint density at radius 1 is 1.11 bits per heavy atom. The topological polar surface area (TPSA) is 69.7 Å². The molecule has 6 nitrogen and oxygen atoms in total. The van der Waals surface area contributed by atoms with Crippen LogP contribution in [0.4, 0.5) is 5.69 Å². The molecule has 0 atom stereocenters. The highest BCUT2D eigenvalue weighted by atomic mass is 35.5. The van der Waals surface area contributed by atoms with Crippen LogP contribution in [0.3, 0.4) is 0 Å². The van der Waals surface area contributed by atoms with Gasteiger partial charge in [0.15, 0.2) is 0 Å². The Morgan fingerprint density at radius 2 is 1.82 bits per heavy atom. The average molecular weight is 422 g/mol. The lowest BCUT2D eigenvalue weighted by Crippen LogP contribution is -2.51. The van der Waals surface area contributed by atoms with Crippen LogP contribution >= 0.6 is 11.6 Å². The number of nitrogens with zero attached hydrogens (tertiary/aromatic N) is 2. The van der Waals surface area contributed by atoms with Gasteiger partial charge in [-0.25, -0.2) is 0 Å². The summed E-state index contributed by atoms with van der Waals surface area (Å²) in [5.74, 6) is -0.352. The maximum atomic E-state index is 13.0. The van der Waals surface area contributed by atoms with Crippen LogP contribution in [0.5, 0.6) is 0 Å². The van der Waals surface area contributed by atoms with Gasteiger partial charge in [0.05, 0.1) is 6.54 Å². The number of benzene rings is 2. The number of aryl methyl sites for hydroxylation is 2. The Hall–Kier alpha value is -1.93. The van der Waals surface area contributed by atoms with E-state index in [1.54, 1.807) is 12.1 Å². The normalized spacial score (nSPS) is 17.4. The van der Waals surface area contributed by atoms with Crippen molar-refractivity contribution in [2.24, 2.45) is 0 Å². The summed E-state index contributed by atoms with van der Waals surface area (Å²) in [5.41, 5.74) is 3.48. The highest BCUT2D eigenvalue weighted by molar-refractivity contribution is 7.86. The summed E-state index contributed by atoms with van der Waals surface area (Å²) in [4.78, 5) is 12.5. The number of nitrogens with one attached hydrogen (secondary N) is 1. The molecule has 0 radical (unpaired) electrons. The molecule has 0 spiro atoms. The molecule has 0 aromatic heterocycles. The van der Waals surface area contributed by atoms with Crippen LogP contribution in [-0.4, -0.2) is 42.6 Å². The molecule has 150 valence electrons. The van der Waals surface area contributed by atoms with Gasteiger partial charge in [-0.05, 0) is 43.5 Å². The molecule has 8 heteroatoms. The molecule has 1 aliphatic rings. The van der Waals surface area contributed by atoms with Gasteiger partial charge in [0.25, 0.3) is 10.2 Å². The lowest BCUT2D eigenvalue weighted by atomic mass is 10.1. The fourth-order valence-electron chi connectivity index (χ4n) is 3.26. The van der Waals surface area contributed by atoms with E-state index in [1.807, 2.05) is 44.2 Å². The zero-order chi connectivity index (χ0) is 20.3. The molecule has 0 bridgehead atoms. The summed E-state index contributed by atoms with van der Waals surface area (Å²) < 4.78 is 28.5. The van der Waals surface area contributed by atoms with Gasteiger partial charge < -0.3 is 5.32 Å². The van der Waals surface area contributed by atoms with E-state index in [1.165, 1.54) is 8.61 Å². The molecular formula is C20H24ClN3O3S. The van der Waals surface area contributed by atoms with E-state index in [4.69, 9.17) is 11.6 Å². The standard InChI is InChI=1S/C20H24ClN3O3S/c1-15-8-9-19(16(2)12-15)22-20(25)14-24-11-5-10-23(28(24,26)27)13-17-6-3-4-7-18(17)21/h3-4,6-9,12H,5,10-11,13-14H2,1-2H3,(H,22,25). The SMILES string of the molecule is Cc1ccc(NC(=O)CN2CCCN(Cc3ccccc3Cl)S2(=O)=O)c(C)c1. The van der Waals surface area contributed by atoms with E-state index >= 15 is 0 Å². The van der Waals surface area contributed by atoms with Crippen LogP contribution in [0, 0.1) is 13.8 Å². The van der Waals surface area contributed by atoms with Gasteiger partial charge in [0.2, 0.25) is 5.91 Å². The van der Waals surface area contributed by atoms with Gasteiger partial charge in [0.1, 0.15) is 0 Å². The molecule has 0 saturated carbocycles. The number of anilines is 1. The Balaban J connectivity index is 1.69. The van der Waals surface area contributed by atoms with Crippen LogP contribution in [-0.2, 0) is 21.5 Å². The van der Waals surface area contributed by atoms with Gasteiger partial charge in [-0.15, -0.1) is 0 Å². The van der Waals surface area contributed by atoms with Crippen molar-refractivity contribution < 1.29 is 13.2 Å². The molecule has 0 unspecified atom stereocenters. The molecule has 1 N–H and O–H groups in total. The van der Waals surface area contributed by atoms with E-state index in [2.05, 4.69) is 5.32 Å². The molecule has 1 aliphatic heterocycles. The number of amides is 1. The molecule has 0 aliphatic carbocycles. The first-order valence-electron chi connectivity index (χ1n) is 9.13. The first kappa shape index (κ1) is 20.8. The van der Waals surface area contributed by atoms with Crippen molar-refractivity contribution in [2.45, 2.75) is 26.8 Å². The van der Waals surface area contributed by atoms with Crippen molar-refractivity contribution in [1.29, 1.82) is 0 Å². The quantitative estimate of drug-likeness (QED) is 0.804. The van der Waals surface area contributed by atoms with Crippen molar-refractivity contribution in [3.05, 3.63) is 64.2 Å². The van der Waals surface area contributed by atoms with E-state index < -0.39 is 10.2 Å². The smallest absolute Gasteiger partial charge is 0.282 e. The molecule has 1 heterocycles. The van der Waals surface area contributed by atoms with Gasteiger partial charge in [-0.3, -0.25) is 4.79 Å². The summed E-state index contributed by atoms with van der Waals surface area (Å²) in [6, 6.07) is 12.9. The molecule has 28 heavy (non-hydrogen) atoms. The third-order valence-electron chi connectivity index (χ3n) is 4.75. The molecule has 1 amide bonds. The number of carbonyl (C=O) groups is 1. The van der Waals surface area contributed by atoms with Crippen LogP contribution < -0.4 is 5.32 Å². The van der Waals surface area contributed by atoms with Crippen LogP contribution in [0.2, 0.25) is 5.02 Å². The van der Waals surface area contributed by atoms with Crippen molar-refractivity contribution in [2.75, 3.05) is 25.0 Å². The maximum Gasteiger partial charge on any atom is 0.282 e. The van der Waals surface area contributed by atoms with Crippen LogP contribution in [0.1, 0.15) is 23.1 Å². The fraction of sp³-hybridized carbons (Fsp3) is 0.350. The first-order chi connectivity index (χ1) is 13.3. The van der Waals surface area contributed by atoms with Crippen molar-refractivity contribution in [1.82, 2.24) is 8.61 Å². The third kappa shape index (κ3) is 4.72. The molecule has 3 rings (SSSR count). The summed E-state index contributed by atoms with van der Waals surface area (Å²) in [5, 5.41) is 3.34. The van der Waals surface area contributed by atoms with Gasteiger partial charge in [-0.1, -0.05) is 47.5 Å². The predicted molar refractivity (Wildman–Crippen MR) is 112 cm³/mol. The molecule has 1 fully saturated rings. The minimum Gasteiger partial charge on any atom is -0.325 e. The van der Waals surface area contributed by atoms with Crippen molar-refractivity contribution in [3.8, 4) is 0 Å². The predicted octanol–water partition coefficient (Wildman–Crippen LogP) is 3.35. The molecule has 2 aromatic carbocycles. The lowest BCUT2D eigenvalue weighted by Gasteiger charge is -2.34. The van der Waals surface area contributed by atoms with Gasteiger partial charge >= 0.3 is 0 Å². The van der Waals surface area contributed by atoms with E-state index in [9.17, 15) is 13.2 Å². The second kappa shape index (κ2) is 8.61. The van der Waals surface area contributed by atoms with Gasteiger partial charge in [-0.2, -0.15) is 17.0 Å². The highest BCUT2D eigenvalue weighted by Crippen LogP contribution is 2.23. The minimum atomic E-state index is -3.74. The summed E-state index contributed by atoms with van der Waals surface area (Å²) in [6.45, 7) is 4.59. The number of hydrogen-bond donors (Lipinski definition) is 1. The number of carbonyl (C=O) groups excluding carboxylic acids is 1. The first-order valence-corrected chi connectivity index (χ1v) is 10.9. The van der Waals surface area contributed by atoms with E-state index in [0.717, 1.165) is 16.7 Å². The third-order valence-corrected chi connectivity index (χ3v) is 7.05. The highest BCUT2D eigenvalue weighted by Gasteiger charge is 2.35. The minimum absolute atomic E-state index is 0.192. The van der Waals surface area contributed by atoms with Crippen LogP contribution in [0.15, 0.2) is 42.5 Å². The maximum absolute atomic E-state index is 13.0. The Kier molecular flexibility index (Phi) is 6.40. The zero-order valence-corrected chi connectivity index (χ0v) is 17.6. The second-order valence-electron chi connectivity index (χ2n) is 6.99. The van der Waals surface area contributed by atoms with Crippen LogP contribution in [0.25, 0.3) is 0 Å². The lowest BCUT2D eigenvalue weighted by molar-refractivity contribution is -0.116. The van der Waals surface area contributed by atoms with Crippen molar-refractivity contribution >= 4 is 33.4 Å². The van der Waals surface area contributed by atoms with Crippen molar-refractivity contribution in [3.63, 3.8) is 0 Å². The Morgan fingerprint density at radius 3 is 2.54 bits per heavy atom. The van der Waals surface area contributed by atoms with E-state index in [-0.39, 0.29) is 19.0 Å². The monoisotopic (exact) mass is 421 g/mol. The molecule has 2 aromatic rings. The largest absolute Gasteiger partial charge is 0.325 e. The second-order valence-corrected chi connectivity index (χ2v) is 9.32. The summed E-state index contributed by atoms with van der Waals surface area (Å²) in [7, 11) is -3.74. The number of halogens is 1. The number of hydrogen-bond acceptors (Lipinski definition) is 3. The Bertz CT molecular complexity index is 978. The average Bonchev–Trinajstić information content (AvgIpc) is 2.63. The van der Waals surface area contributed by atoms with Gasteiger partial charge in [0, 0.05) is 30.3 Å². The summed E-state index contributed by atoms with van der Waals surface area (Å²) >= 11 is 6.17.